The minimum Gasteiger partial charge on any atom is -0.395 e. The fraction of sp³-hybridized carbons (Fsp3) is 0.583. The highest BCUT2D eigenvalue weighted by Gasteiger charge is 2.35. The Hall–Kier alpha value is -1.22. The van der Waals surface area contributed by atoms with E-state index in [9.17, 15) is 8.42 Å². The molecule has 1 aromatic heterocycles. The predicted molar refractivity (Wildman–Crippen MR) is 75.3 cm³/mol. The molecule has 1 aliphatic rings. The summed E-state index contributed by atoms with van der Waals surface area (Å²) < 4.78 is 26.8. The van der Waals surface area contributed by atoms with Crippen LogP contribution in [0.4, 0.5) is 5.69 Å². The zero-order valence-corrected chi connectivity index (χ0v) is 12.0. The van der Waals surface area contributed by atoms with Crippen molar-refractivity contribution in [2.75, 3.05) is 18.6 Å². The van der Waals surface area contributed by atoms with Crippen LogP contribution in [0.5, 0.6) is 0 Å². The van der Waals surface area contributed by atoms with Crippen molar-refractivity contribution in [3.63, 3.8) is 0 Å². The number of aromatic nitrogens is 1. The quantitative estimate of drug-likeness (QED) is 0.515. The summed E-state index contributed by atoms with van der Waals surface area (Å²) in [5.41, 5.74) is 2.62. The van der Waals surface area contributed by atoms with Crippen LogP contribution in [0.2, 0.25) is 0 Å². The zero-order chi connectivity index (χ0) is 14.6. The van der Waals surface area contributed by atoms with Crippen molar-refractivity contribution >= 4 is 15.7 Å². The largest absolute Gasteiger partial charge is 0.395 e. The Morgan fingerprint density at radius 2 is 2.15 bits per heavy atom. The summed E-state index contributed by atoms with van der Waals surface area (Å²) in [6, 6.07) is 3.10. The summed E-state index contributed by atoms with van der Waals surface area (Å²) in [7, 11) is -3.77. The molecule has 0 atom stereocenters. The van der Waals surface area contributed by atoms with Gasteiger partial charge in [-0.3, -0.25) is 5.84 Å². The van der Waals surface area contributed by atoms with Crippen LogP contribution in [-0.2, 0) is 10.0 Å². The van der Waals surface area contributed by atoms with E-state index in [0.717, 1.165) is 25.7 Å². The minimum absolute atomic E-state index is 0.0696. The molecular formula is C12H20N4O3S. The average molecular weight is 300 g/mol. The Morgan fingerprint density at radius 3 is 2.75 bits per heavy atom. The first kappa shape index (κ1) is 15.2. The van der Waals surface area contributed by atoms with Crippen LogP contribution >= 0.6 is 0 Å². The monoisotopic (exact) mass is 300 g/mol. The van der Waals surface area contributed by atoms with Crippen LogP contribution in [0.3, 0.4) is 0 Å². The Bertz CT molecular complexity index is 543. The molecule has 1 heterocycles. The van der Waals surface area contributed by atoms with Crippen molar-refractivity contribution in [3.8, 4) is 0 Å². The molecule has 0 unspecified atom stereocenters. The van der Waals surface area contributed by atoms with Gasteiger partial charge in [0, 0.05) is 18.8 Å². The third kappa shape index (κ3) is 2.93. The number of nitrogens with zero attached hydrogens (tertiary/aromatic N) is 2. The maximum atomic E-state index is 12.7. The number of rotatable bonds is 6. The van der Waals surface area contributed by atoms with E-state index in [-0.39, 0.29) is 29.9 Å². The van der Waals surface area contributed by atoms with E-state index in [1.165, 1.54) is 10.5 Å². The van der Waals surface area contributed by atoms with Crippen molar-refractivity contribution in [1.82, 2.24) is 9.29 Å². The summed E-state index contributed by atoms with van der Waals surface area (Å²) in [6.45, 7) is -0.137. The molecular weight excluding hydrogens is 280 g/mol. The fourth-order valence-corrected chi connectivity index (χ4v) is 4.35. The normalized spacial score (nSPS) is 16.8. The second-order valence-corrected chi connectivity index (χ2v) is 6.58. The van der Waals surface area contributed by atoms with Gasteiger partial charge in [-0.05, 0) is 25.0 Å². The van der Waals surface area contributed by atoms with E-state index in [2.05, 4.69) is 10.4 Å². The predicted octanol–water partition coefficient (Wildman–Crippen LogP) is 0.293. The highest BCUT2D eigenvalue weighted by molar-refractivity contribution is 7.89. The molecule has 0 aromatic carbocycles. The number of hydrogen-bond donors (Lipinski definition) is 3. The zero-order valence-electron chi connectivity index (χ0n) is 11.2. The van der Waals surface area contributed by atoms with Crippen molar-refractivity contribution in [2.45, 2.75) is 36.8 Å². The van der Waals surface area contributed by atoms with Crippen LogP contribution in [0.15, 0.2) is 23.4 Å². The third-order valence-electron chi connectivity index (χ3n) is 3.53. The van der Waals surface area contributed by atoms with Gasteiger partial charge in [-0.2, -0.15) is 4.31 Å². The molecule has 1 fully saturated rings. The topological polar surface area (TPSA) is 109 Å². The molecule has 0 bridgehead atoms. The number of hydrogen-bond acceptors (Lipinski definition) is 6. The number of nitrogens with one attached hydrogen (secondary N) is 1. The molecule has 2 rings (SSSR count). The lowest BCUT2D eigenvalue weighted by atomic mass is 10.2. The van der Waals surface area contributed by atoms with Gasteiger partial charge >= 0.3 is 0 Å². The maximum Gasteiger partial charge on any atom is 0.263 e. The minimum atomic E-state index is -3.77. The summed E-state index contributed by atoms with van der Waals surface area (Å²) >= 11 is 0. The Balaban J connectivity index is 2.39. The molecule has 1 aromatic rings. The molecule has 0 radical (unpaired) electrons. The summed E-state index contributed by atoms with van der Waals surface area (Å²) in [6.07, 6.45) is 5.06. The number of hydrazine groups is 1. The number of anilines is 1. The SMILES string of the molecule is NNc1cccnc1S(=O)(=O)N(CCO)C1CCCC1. The lowest BCUT2D eigenvalue weighted by molar-refractivity contribution is 0.226. The first-order chi connectivity index (χ1) is 9.61. The third-order valence-corrected chi connectivity index (χ3v) is 5.44. The average Bonchev–Trinajstić information content (AvgIpc) is 2.98. The molecule has 112 valence electrons. The standard InChI is InChI=1S/C12H20N4O3S/c13-15-11-6-3-7-14-12(11)20(18,19)16(8-9-17)10-4-1-2-5-10/h3,6-7,10,15,17H,1-2,4-5,8-9,13H2. The van der Waals surface area contributed by atoms with Crippen molar-refractivity contribution in [3.05, 3.63) is 18.3 Å². The second kappa shape index (κ2) is 6.49. The smallest absolute Gasteiger partial charge is 0.263 e. The van der Waals surface area contributed by atoms with Gasteiger partial charge in [0.1, 0.15) is 0 Å². The van der Waals surface area contributed by atoms with Crippen LogP contribution < -0.4 is 11.3 Å². The number of nitrogen functional groups attached to an aromatic ring is 1. The molecule has 0 spiro atoms. The highest BCUT2D eigenvalue weighted by atomic mass is 32.2. The van der Waals surface area contributed by atoms with Gasteiger partial charge in [0.05, 0.1) is 12.3 Å². The van der Waals surface area contributed by atoms with E-state index < -0.39 is 10.0 Å². The van der Waals surface area contributed by atoms with Crippen molar-refractivity contribution in [1.29, 1.82) is 0 Å². The molecule has 8 heteroatoms. The van der Waals surface area contributed by atoms with Gasteiger partial charge in [-0.1, -0.05) is 12.8 Å². The van der Waals surface area contributed by atoms with E-state index in [1.807, 2.05) is 0 Å². The summed E-state index contributed by atoms with van der Waals surface area (Å²) in [5.74, 6) is 5.35. The maximum absolute atomic E-state index is 12.7. The van der Waals surface area contributed by atoms with Crippen molar-refractivity contribution in [2.24, 2.45) is 5.84 Å². The van der Waals surface area contributed by atoms with Gasteiger partial charge in [0.2, 0.25) is 0 Å². The molecule has 0 aliphatic heterocycles. The molecule has 0 saturated heterocycles. The van der Waals surface area contributed by atoms with Crippen molar-refractivity contribution < 1.29 is 13.5 Å². The number of sulfonamides is 1. The van der Waals surface area contributed by atoms with Gasteiger partial charge in [0.25, 0.3) is 10.0 Å². The van der Waals surface area contributed by atoms with Gasteiger partial charge in [-0.25, -0.2) is 13.4 Å². The fourth-order valence-electron chi connectivity index (χ4n) is 2.61. The number of aliphatic hydroxyl groups excluding tert-OH is 1. The van der Waals surface area contributed by atoms with Gasteiger partial charge in [-0.15, -0.1) is 0 Å². The summed E-state index contributed by atoms with van der Waals surface area (Å²) in [4.78, 5) is 3.94. The van der Waals surface area contributed by atoms with Crippen LogP contribution in [-0.4, -0.2) is 42.0 Å². The Labute approximate surface area is 118 Å². The van der Waals surface area contributed by atoms with Crippen LogP contribution in [0.25, 0.3) is 0 Å². The van der Waals surface area contributed by atoms with E-state index in [0.29, 0.717) is 0 Å². The number of pyridine rings is 1. The van der Waals surface area contributed by atoms with E-state index in [4.69, 9.17) is 10.9 Å². The van der Waals surface area contributed by atoms with Crippen LogP contribution in [0, 0.1) is 0 Å². The Kier molecular flexibility index (Phi) is 4.92. The molecule has 7 nitrogen and oxygen atoms in total. The van der Waals surface area contributed by atoms with Gasteiger partial charge in [0.15, 0.2) is 5.03 Å². The molecule has 20 heavy (non-hydrogen) atoms. The van der Waals surface area contributed by atoms with E-state index in [1.54, 1.807) is 12.1 Å². The Morgan fingerprint density at radius 1 is 1.45 bits per heavy atom. The van der Waals surface area contributed by atoms with Crippen LogP contribution in [0.1, 0.15) is 25.7 Å². The lowest BCUT2D eigenvalue weighted by Gasteiger charge is -2.27. The molecule has 1 aliphatic carbocycles. The first-order valence-electron chi connectivity index (χ1n) is 6.65. The van der Waals surface area contributed by atoms with Gasteiger partial charge < -0.3 is 10.5 Å². The summed E-state index contributed by atoms with van der Waals surface area (Å²) in [5, 5.41) is 9.07. The number of aliphatic hydroxyl groups is 1. The first-order valence-corrected chi connectivity index (χ1v) is 8.09. The molecule has 4 N–H and O–H groups in total. The molecule has 1 saturated carbocycles. The second-order valence-electron chi connectivity index (χ2n) is 4.78. The lowest BCUT2D eigenvalue weighted by Crippen LogP contribution is -2.41. The number of nitrogens with two attached hydrogens (primary N) is 1. The highest BCUT2D eigenvalue weighted by Crippen LogP contribution is 2.29. The van der Waals surface area contributed by atoms with E-state index >= 15 is 0 Å². The molecule has 0 amide bonds.